The van der Waals surface area contributed by atoms with Crippen LogP contribution in [0.3, 0.4) is 0 Å². The molecule has 4 heteroatoms. The fourth-order valence-electron chi connectivity index (χ4n) is 1.64. The van der Waals surface area contributed by atoms with Crippen LogP contribution in [0, 0.1) is 6.92 Å². The van der Waals surface area contributed by atoms with Crippen molar-refractivity contribution in [2.24, 2.45) is 0 Å². The number of benzene rings is 1. The van der Waals surface area contributed by atoms with Crippen molar-refractivity contribution in [3.63, 3.8) is 0 Å². The molecule has 0 aliphatic carbocycles. The smallest absolute Gasteiger partial charge is 0.166 e. The zero-order valence-corrected chi connectivity index (χ0v) is 10.5. The molecule has 0 aliphatic heterocycles. The number of hydrogen-bond acceptors (Lipinski definition) is 4. The minimum absolute atomic E-state index is 0.343. The third-order valence-corrected chi connectivity index (χ3v) is 2.66. The van der Waals surface area contributed by atoms with Gasteiger partial charge in [0.2, 0.25) is 0 Å². The van der Waals surface area contributed by atoms with Crippen molar-refractivity contribution in [3.8, 4) is 5.75 Å². The van der Waals surface area contributed by atoms with Gasteiger partial charge in [0.15, 0.2) is 5.82 Å². The molecule has 2 aromatic rings. The van der Waals surface area contributed by atoms with Crippen molar-refractivity contribution in [1.29, 1.82) is 0 Å². The molecule has 2 rings (SSSR count). The molecule has 4 nitrogen and oxygen atoms in total. The van der Waals surface area contributed by atoms with E-state index in [9.17, 15) is 5.11 Å². The Morgan fingerprint density at radius 2 is 2.00 bits per heavy atom. The molecule has 1 heterocycles. The average molecular weight is 244 g/mol. The van der Waals surface area contributed by atoms with E-state index in [4.69, 9.17) is 4.74 Å². The van der Waals surface area contributed by atoms with Crippen molar-refractivity contribution in [1.82, 2.24) is 9.97 Å². The molecular formula is C14H16N2O2. The van der Waals surface area contributed by atoms with Gasteiger partial charge in [-0.25, -0.2) is 9.97 Å². The van der Waals surface area contributed by atoms with E-state index in [-0.39, 0.29) is 0 Å². The summed E-state index contributed by atoms with van der Waals surface area (Å²) in [6, 6.07) is 7.41. The Hall–Kier alpha value is -1.94. The molecule has 1 N–H and O–H groups in total. The summed E-state index contributed by atoms with van der Waals surface area (Å²) < 4.78 is 5.65. The van der Waals surface area contributed by atoms with Crippen LogP contribution in [0.2, 0.25) is 0 Å². The minimum Gasteiger partial charge on any atom is -0.485 e. The highest BCUT2D eigenvalue weighted by molar-refractivity contribution is 5.36. The van der Waals surface area contributed by atoms with Crippen LogP contribution in [0.15, 0.2) is 36.7 Å². The van der Waals surface area contributed by atoms with E-state index >= 15 is 0 Å². The van der Waals surface area contributed by atoms with Gasteiger partial charge in [-0.15, -0.1) is 0 Å². The molecule has 1 unspecified atom stereocenters. The number of aromatic nitrogens is 2. The predicted octanol–water partition coefficient (Wildman–Crippen LogP) is 2.42. The summed E-state index contributed by atoms with van der Waals surface area (Å²) in [5, 5.41) is 9.49. The molecule has 0 saturated heterocycles. The summed E-state index contributed by atoms with van der Waals surface area (Å²) >= 11 is 0. The number of aliphatic hydroxyl groups is 1. The summed E-state index contributed by atoms with van der Waals surface area (Å²) in [7, 11) is 0. The zero-order chi connectivity index (χ0) is 13.0. The fraction of sp³-hybridized carbons (Fsp3) is 0.286. The second-order valence-electron chi connectivity index (χ2n) is 4.15. The lowest BCUT2D eigenvalue weighted by molar-refractivity contribution is 0.199. The summed E-state index contributed by atoms with van der Waals surface area (Å²) in [6.07, 6.45) is 2.92. The molecule has 0 bridgehead atoms. The topological polar surface area (TPSA) is 55.2 Å². The van der Waals surface area contributed by atoms with E-state index in [0.29, 0.717) is 12.4 Å². The van der Waals surface area contributed by atoms with Crippen molar-refractivity contribution < 1.29 is 9.84 Å². The highest BCUT2D eigenvalue weighted by Crippen LogP contribution is 2.23. The molecule has 0 radical (unpaired) electrons. The maximum absolute atomic E-state index is 9.49. The van der Waals surface area contributed by atoms with Crippen LogP contribution in [0.5, 0.6) is 5.75 Å². The monoisotopic (exact) mass is 244 g/mol. The molecule has 0 amide bonds. The van der Waals surface area contributed by atoms with Crippen LogP contribution in [0.1, 0.15) is 30.0 Å². The van der Waals surface area contributed by atoms with Gasteiger partial charge in [0.25, 0.3) is 0 Å². The van der Waals surface area contributed by atoms with Crippen LogP contribution < -0.4 is 4.74 Å². The van der Waals surface area contributed by atoms with Gasteiger partial charge >= 0.3 is 0 Å². The first-order valence-electron chi connectivity index (χ1n) is 5.84. The Balaban J connectivity index is 2.06. The van der Waals surface area contributed by atoms with Crippen molar-refractivity contribution >= 4 is 0 Å². The third kappa shape index (κ3) is 3.05. The quantitative estimate of drug-likeness (QED) is 0.897. The Kier molecular flexibility index (Phi) is 3.89. The van der Waals surface area contributed by atoms with Gasteiger partial charge in [0.05, 0.1) is 6.10 Å². The molecule has 94 valence electrons. The maximum atomic E-state index is 9.49. The maximum Gasteiger partial charge on any atom is 0.166 e. The Labute approximate surface area is 106 Å². The van der Waals surface area contributed by atoms with Crippen LogP contribution in [-0.4, -0.2) is 15.1 Å². The Bertz CT molecular complexity index is 512. The van der Waals surface area contributed by atoms with Gasteiger partial charge < -0.3 is 9.84 Å². The first-order chi connectivity index (χ1) is 8.66. The van der Waals surface area contributed by atoms with E-state index in [1.54, 1.807) is 25.4 Å². The van der Waals surface area contributed by atoms with Crippen LogP contribution in [-0.2, 0) is 6.61 Å². The van der Waals surface area contributed by atoms with Gasteiger partial charge in [-0.2, -0.15) is 0 Å². The minimum atomic E-state index is -0.463. The summed E-state index contributed by atoms with van der Waals surface area (Å²) in [6.45, 7) is 4.04. The molecule has 1 aromatic heterocycles. The van der Waals surface area contributed by atoms with Crippen LogP contribution in [0.25, 0.3) is 0 Å². The van der Waals surface area contributed by atoms with Gasteiger partial charge in [-0.3, -0.25) is 0 Å². The molecular weight excluding hydrogens is 228 g/mol. The summed E-state index contributed by atoms with van der Waals surface area (Å²) in [5.74, 6) is 1.43. The van der Waals surface area contributed by atoms with E-state index in [1.807, 2.05) is 25.1 Å². The number of rotatable bonds is 4. The second-order valence-corrected chi connectivity index (χ2v) is 4.15. The normalized spacial score (nSPS) is 12.2. The molecule has 0 saturated carbocycles. The predicted molar refractivity (Wildman–Crippen MR) is 68.2 cm³/mol. The molecule has 0 aliphatic rings. The molecule has 1 aromatic carbocycles. The molecule has 0 spiro atoms. The average Bonchev–Trinajstić information content (AvgIpc) is 2.38. The van der Waals surface area contributed by atoms with Crippen molar-refractivity contribution in [2.75, 3.05) is 0 Å². The number of ether oxygens (including phenoxy) is 1. The number of aliphatic hydroxyl groups excluding tert-OH is 1. The molecule has 18 heavy (non-hydrogen) atoms. The first kappa shape index (κ1) is 12.5. The standard InChI is InChI=1S/C14H16N2O2/c1-10-8-12(11(2)17)4-5-13(10)18-9-14-15-6-3-7-16-14/h3-8,11,17H,9H2,1-2H3. The highest BCUT2D eigenvalue weighted by atomic mass is 16.5. The summed E-state index contributed by atoms with van der Waals surface area (Å²) in [4.78, 5) is 8.19. The number of nitrogens with zero attached hydrogens (tertiary/aromatic N) is 2. The number of hydrogen-bond donors (Lipinski definition) is 1. The van der Waals surface area contributed by atoms with Gasteiger partial charge in [0.1, 0.15) is 12.4 Å². The van der Waals surface area contributed by atoms with Gasteiger partial charge in [0, 0.05) is 12.4 Å². The van der Waals surface area contributed by atoms with Crippen molar-refractivity contribution in [2.45, 2.75) is 26.6 Å². The van der Waals surface area contributed by atoms with Gasteiger partial charge in [-0.05, 0) is 43.2 Å². The van der Waals surface area contributed by atoms with Crippen molar-refractivity contribution in [3.05, 3.63) is 53.6 Å². The summed E-state index contributed by atoms with van der Waals surface area (Å²) in [5.41, 5.74) is 1.88. The van der Waals surface area contributed by atoms with Gasteiger partial charge in [-0.1, -0.05) is 6.07 Å². The Morgan fingerprint density at radius 3 is 2.61 bits per heavy atom. The lowest BCUT2D eigenvalue weighted by atomic mass is 10.1. The molecule has 0 fully saturated rings. The zero-order valence-electron chi connectivity index (χ0n) is 10.5. The largest absolute Gasteiger partial charge is 0.485 e. The van der Waals surface area contributed by atoms with E-state index < -0.39 is 6.10 Å². The second kappa shape index (κ2) is 5.60. The third-order valence-electron chi connectivity index (χ3n) is 2.66. The highest BCUT2D eigenvalue weighted by Gasteiger charge is 2.05. The Morgan fingerprint density at radius 1 is 1.28 bits per heavy atom. The number of aryl methyl sites for hydroxylation is 1. The molecule has 1 atom stereocenters. The first-order valence-corrected chi connectivity index (χ1v) is 5.84. The lowest BCUT2D eigenvalue weighted by Gasteiger charge is -2.11. The lowest BCUT2D eigenvalue weighted by Crippen LogP contribution is -2.02. The van der Waals surface area contributed by atoms with E-state index in [1.165, 1.54) is 0 Å². The SMILES string of the molecule is Cc1cc(C(C)O)ccc1OCc1ncccn1. The van der Waals surface area contributed by atoms with E-state index in [2.05, 4.69) is 9.97 Å². The fourth-order valence-corrected chi connectivity index (χ4v) is 1.64. The van der Waals surface area contributed by atoms with Crippen LogP contribution in [0.4, 0.5) is 0 Å². The van der Waals surface area contributed by atoms with E-state index in [0.717, 1.165) is 16.9 Å². The van der Waals surface area contributed by atoms with Crippen LogP contribution >= 0.6 is 0 Å².